The number of hydrogen-bond acceptors (Lipinski definition) is 9. The second-order valence-corrected chi connectivity index (χ2v) is 17.4. The lowest BCUT2D eigenvalue weighted by molar-refractivity contribution is -0.152. The maximum Gasteiger partial charge on any atom is 0.248 e. The molecule has 4 aromatic rings. The Morgan fingerprint density at radius 1 is 0.719 bits per heavy atom. The normalized spacial score (nSPS) is 25.7. The van der Waals surface area contributed by atoms with Gasteiger partial charge in [0.05, 0.1) is 31.0 Å². The van der Waals surface area contributed by atoms with Gasteiger partial charge in [-0.25, -0.2) is 0 Å². The molecule has 64 heavy (non-hydrogen) atoms. The minimum Gasteiger partial charge on any atom is -0.394 e. The molecule has 1 spiro atoms. The van der Waals surface area contributed by atoms with Gasteiger partial charge < -0.3 is 45.9 Å². The van der Waals surface area contributed by atoms with Crippen molar-refractivity contribution >= 4 is 46.3 Å². The van der Waals surface area contributed by atoms with E-state index in [-0.39, 0.29) is 58.2 Å². The first-order valence-corrected chi connectivity index (χ1v) is 22.2. The number of nitriles is 1. The molecule has 1 saturated carbocycles. The third-order valence-electron chi connectivity index (χ3n) is 13.2. The summed E-state index contributed by atoms with van der Waals surface area (Å²) in [6.45, 7) is -0.345. The number of carbonyl (C=O) groups excluding carboxylic acids is 6. The van der Waals surface area contributed by atoms with Gasteiger partial charge in [-0.3, -0.25) is 28.8 Å². The molecule has 6 atom stereocenters. The molecule has 6 amide bonds. The van der Waals surface area contributed by atoms with E-state index in [1.165, 1.54) is 9.80 Å². The zero-order valence-electron chi connectivity index (χ0n) is 35.6. The number of para-hydroxylation sites is 1. The Labute approximate surface area is 371 Å². The minimum absolute atomic E-state index is 0.00398. The summed E-state index contributed by atoms with van der Waals surface area (Å²) in [5, 5.41) is 32.5. The topological polar surface area (TPSA) is 226 Å². The number of carbonyl (C=O) groups is 6. The first-order chi connectivity index (χ1) is 31.1. The second-order valence-electron chi connectivity index (χ2n) is 17.4. The molecule has 6 N–H and O–H groups in total. The number of nitrogens with zero attached hydrogens (tertiary/aromatic N) is 3. The predicted molar refractivity (Wildman–Crippen MR) is 234 cm³/mol. The number of piperidine rings is 1. The standard InChI is InChI=1S/C48H54N8O8/c49-25-31-17-15-30(16-18-31)22-37-43(59)54-48(19-7-8-20-48)47(63)53-38(23-33-26-50-36-13-5-4-12-35(33)36)42(58)52-39(28-57)45(61)55-21-9-6-14-40(55)46(62)56-27-34(24-41(56)44(60)51-37)64-29-32-10-2-1-3-11-32/h1-5,10-13,15-18,26,34,37-41,50,57H,6-9,14,19-24,27-29H2,(H,51,60)(H,52,58)(H,53,63)(H,54,59)/t34-,37+,38+,39+,40-,41+/m1/s1. The summed E-state index contributed by atoms with van der Waals surface area (Å²) in [6, 6.07) is 19.7. The molecule has 1 aliphatic carbocycles. The molecule has 0 unspecified atom stereocenters. The summed E-state index contributed by atoms with van der Waals surface area (Å²) in [4.78, 5) is 93.9. The average Bonchev–Trinajstić information content (AvgIpc) is 4.09. The third-order valence-corrected chi connectivity index (χ3v) is 13.2. The fourth-order valence-electron chi connectivity index (χ4n) is 9.66. The number of fused-ring (bicyclic) bond motifs is 3. The number of hydrogen-bond donors (Lipinski definition) is 6. The average molecular weight is 871 g/mol. The number of aliphatic hydroxyl groups is 1. The lowest BCUT2D eigenvalue weighted by Gasteiger charge is -2.40. The van der Waals surface area contributed by atoms with Crippen LogP contribution in [0.25, 0.3) is 10.9 Å². The summed E-state index contributed by atoms with van der Waals surface area (Å²) in [6.07, 6.45) is 4.45. The Kier molecular flexibility index (Phi) is 13.4. The van der Waals surface area contributed by atoms with Crippen molar-refractivity contribution < 1.29 is 38.6 Å². The summed E-state index contributed by atoms with van der Waals surface area (Å²) >= 11 is 0. The summed E-state index contributed by atoms with van der Waals surface area (Å²) in [5.74, 6) is -3.71. The monoisotopic (exact) mass is 870 g/mol. The maximum atomic E-state index is 14.9. The first kappa shape index (κ1) is 44.1. The molecule has 0 bridgehead atoms. The Bertz CT molecular complexity index is 2410. The molecular formula is C48H54N8O8. The molecule has 4 fully saturated rings. The van der Waals surface area contributed by atoms with E-state index < -0.39 is 83.9 Å². The molecule has 3 aliphatic heterocycles. The van der Waals surface area contributed by atoms with Gasteiger partial charge >= 0.3 is 0 Å². The number of H-pyrrole nitrogens is 1. The van der Waals surface area contributed by atoms with Crippen molar-refractivity contribution in [3.8, 4) is 6.07 Å². The molecule has 334 valence electrons. The smallest absolute Gasteiger partial charge is 0.248 e. The summed E-state index contributed by atoms with van der Waals surface area (Å²) in [5.41, 5.74) is 2.02. The molecule has 16 heteroatoms. The van der Waals surface area contributed by atoms with Gasteiger partial charge in [-0.15, -0.1) is 0 Å². The van der Waals surface area contributed by atoms with Gasteiger partial charge in [0.1, 0.15) is 35.7 Å². The number of aliphatic hydroxyl groups excluding tert-OH is 1. The van der Waals surface area contributed by atoms with Crippen molar-refractivity contribution in [2.75, 3.05) is 19.7 Å². The second kappa shape index (κ2) is 19.4. The predicted octanol–water partition coefficient (Wildman–Crippen LogP) is 2.28. The number of nitrogens with one attached hydrogen (secondary N) is 5. The fraction of sp³-hybridized carbons (Fsp3) is 0.438. The van der Waals surface area contributed by atoms with Gasteiger partial charge in [-0.05, 0) is 67.0 Å². The molecule has 3 aromatic carbocycles. The van der Waals surface area contributed by atoms with E-state index in [9.17, 15) is 39.1 Å². The quantitative estimate of drug-likeness (QED) is 0.153. The van der Waals surface area contributed by atoms with E-state index in [2.05, 4.69) is 32.3 Å². The van der Waals surface area contributed by atoms with Crippen LogP contribution in [-0.4, -0.2) is 117 Å². The van der Waals surface area contributed by atoms with Gasteiger partial charge in [0.25, 0.3) is 0 Å². The first-order valence-electron chi connectivity index (χ1n) is 22.2. The molecule has 16 nitrogen and oxygen atoms in total. The van der Waals surface area contributed by atoms with Crippen molar-refractivity contribution in [1.82, 2.24) is 36.1 Å². The third kappa shape index (κ3) is 9.51. The Hall–Kier alpha value is -6.57. The van der Waals surface area contributed by atoms with Crippen LogP contribution < -0.4 is 21.3 Å². The van der Waals surface area contributed by atoms with Gasteiger partial charge in [-0.1, -0.05) is 73.5 Å². The highest BCUT2D eigenvalue weighted by atomic mass is 16.5. The van der Waals surface area contributed by atoms with Crippen molar-refractivity contribution in [2.45, 2.75) is 113 Å². The molecule has 4 heterocycles. The lowest BCUT2D eigenvalue weighted by Crippen LogP contribution is -2.66. The molecular weight excluding hydrogens is 817 g/mol. The van der Waals surface area contributed by atoms with E-state index >= 15 is 0 Å². The van der Waals surface area contributed by atoms with Crippen LogP contribution in [0.3, 0.4) is 0 Å². The van der Waals surface area contributed by atoms with E-state index in [0.717, 1.165) is 16.5 Å². The Balaban J connectivity index is 1.17. The highest BCUT2D eigenvalue weighted by Crippen LogP contribution is 2.32. The van der Waals surface area contributed by atoms with Crippen molar-refractivity contribution in [3.63, 3.8) is 0 Å². The van der Waals surface area contributed by atoms with Crippen LogP contribution in [0, 0.1) is 11.3 Å². The maximum absolute atomic E-state index is 14.9. The molecule has 0 radical (unpaired) electrons. The molecule has 4 aliphatic rings. The summed E-state index contributed by atoms with van der Waals surface area (Å²) < 4.78 is 6.30. The van der Waals surface area contributed by atoms with Crippen LogP contribution >= 0.6 is 0 Å². The number of amides is 6. The van der Waals surface area contributed by atoms with Gasteiger partial charge in [0.2, 0.25) is 35.4 Å². The van der Waals surface area contributed by atoms with Crippen LogP contribution in [0.2, 0.25) is 0 Å². The molecule has 3 saturated heterocycles. The Morgan fingerprint density at radius 3 is 2.19 bits per heavy atom. The number of benzene rings is 3. The van der Waals surface area contributed by atoms with E-state index in [1.807, 2.05) is 54.6 Å². The van der Waals surface area contributed by atoms with E-state index in [1.54, 1.807) is 30.5 Å². The minimum atomic E-state index is -1.46. The van der Waals surface area contributed by atoms with Crippen LogP contribution in [-0.2, 0) is 53.0 Å². The Morgan fingerprint density at radius 2 is 1.44 bits per heavy atom. The largest absolute Gasteiger partial charge is 0.394 e. The van der Waals surface area contributed by atoms with Crippen molar-refractivity contribution in [2.24, 2.45) is 0 Å². The van der Waals surface area contributed by atoms with Gasteiger partial charge in [-0.2, -0.15) is 5.26 Å². The fourth-order valence-corrected chi connectivity index (χ4v) is 9.66. The van der Waals surface area contributed by atoms with Crippen LogP contribution in [0.15, 0.2) is 85.1 Å². The summed E-state index contributed by atoms with van der Waals surface area (Å²) in [7, 11) is 0. The number of aromatic nitrogens is 1. The zero-order valence-corrected chi connectivity index (χ0v) is 35.6. The van der Waals surface area contributed by atoms with E-state index in [4.69, 9.17) is 4.74 Å². The van der Waals surface area contributed by atoms with Gasteiger partial charge in [0, 0.05) is 49.5 Å². The van der Waals surface area contributed by atoms with Gasteiger partial charge in [0.15, 0.2) is 0 Å². The van der Waals surface area contributed by atoms with Crippen LogP contribution in [0.4, 0.5) is 0 Å². The molecule has 8 rings (SSSR count). The lowest BCUT2D eigenvalue weighted by atomic mass is 9.93. The van der Waals surface area contributed by atoms with Crippen molar-refractivity contribution in [3.05, 3.63) is 107 Å². The van der Waals surface area contributed by atoms with Crippen LogP contribution in [0.5, 0.6) is 0 Å². The zero-order chi connectivity index (χ0) is 44.8. The highest BCUT2D eigenvalue weighted by Gasteiger charge is 2.48. The van der Waals surface area contributed by atoms with E-state index in [0.29, 0.717) is 42.4 Å². The highest BCUT2D eigenvalue weighted by molar-refractivity contribution is 6.00. The number of aromatic amines is 1. The van der Waals surface area contributed by atoms with Crippen LogP contribution in [0.1, 0.15) is 73.6 Å². The molecule has 1 aromatic heterocycles. The SMILES string of the molecule is N#Cc1ccc(C[C@@H]2NC(=O)[C@@H]3C[C@@H](OCc4ccccc4)CN3C(=O)[C@H]3CCCCN3C(=O)[C@H](CO)NC(=O)[C@H](Cc3c[nH]c4ccccc34)NC(=O)C3(CCCC3)NC2=O)cc1. The number of rotatable bonds is 8. The number of ether oxygens (including phenoxy) is 1. The van der Waals surface area contributed by atoms with Crippen molar-refractivity contribution in [1.29, 1.82) is 5.26 Å².